The van der Waals surface area contributed by atoms with E-state index < -0.39 is 0 Å². The maximum Gasteiger partial charge on any atom is 0.262 e. The Hall–Kier alpha value is -2.86. The second kappa shape index (κ2) is 9.19. The second-order valence-corrected chi connectivity index (χ2v) is 6.55. The van der Waals surface area contributed by atoms with Crippen molar-refractivity contribution in [2.45, 2.75) is 31.9 Å². The molecule has 0 bridgehead atoms. The van der Waals surface area contributed by atoms with Gasteiger partial charge >= 0.3 is 0 Å². The number of hydrogen-bond acceptors (Lipinski definition) is 4. The Morgan fingerprint density at radius 3 is 2.56 bits per heavy atom. The molecule has 2 N–H and O–H groups in total. The number of carbonyl (C=O) groups is 2. The molecule has 2 atom stereocenters. The summed E-state index contributed by atoms with van der Waals surface area (Å²) in [5.74, 6) is 0.425. The second-order valence-electron chi connectivity index (χ2n) is 6.55. The monoisotopic (exact) mass is 368 g/mol. The highest BCUT2D eigenvalue weighted by atomic mass is 16.5. The van der Waals surface area contributed by atoms with Gasteiger partial charge in [-0.15, -0.1) is 0 Å². The van der Waals surface area contributed by atoms with Gasteiger partial charge in [0.15, 0.2) is 6.61 Å². The zero-order valence-corrected chi connectivity index (χ0v) is 15.3. The zero-order chi connectivity index (χ0) is 19.1. The fourth-order valence-corrected chi connectivity index (χ4v) is 3.09. The van der Waals surface area contributed by atoms with Crippen molar-refractivity contribution < 1.29 is 19.1 Å². The summed E-state index contributed by atoms with van der Waals surface area (Å²) in [6.07, 6.45) is 1.52. The Morgan fingerprint density at radius 1 is 1.11 bits per heavy atom. The molecule has 1 heterocycles. The summed E-state index contributed by atoms with van der Waals surface area (Å²) in [7, 11) is 0. The van der Waals surface area contributed by atoms with Crippen molar-refractivity contribution in [1.29, 1.82) is 0 Å². The number of anilines is 1. The number of para-hydroxylation sites is 1. The normalized spacial score (nSPS) is 19.1. The Kier molecular flexibility index (Phi) is 6.44. The molecule has 142 valence electrons. The van der Waals surface area contributed by atoms with Crippen LogP contribution in [0.15, 0.2) is 54.6 Å². The fraction of sp³-hybridized carbons (Fsp3) is 0.333. The van der Waals surface area contributed by atoms with E-state index in [4.69, 9.17) is 9.47 Å². The summed E-state index contributed by atoms with van der Waals surface area (Å²) in [5, 5.41) is 5.77. The van der Waals surface area contributed by atoms with Gasteiger partial charge in [-0.3, -0.25) is 9.59 Å². The average Bonchev–Trinajstić information content (AvgIpc) is 2.67. The molecule has 0 aromatic heterocycles. The van der Waals surface area contributed by atoms with Crippen LogP contribution in [0.25, 0.3) is 0 Å². The molecule has 0 unspecified atom stereocenters. The van der Waals surface area contributed by atoms with Gasteiger partial charge in [0.25, 0.3) is 5.91 Å². The lowest BCUT2D eigenvalue weighted by Crippen LogP contribution is -2.38. The van der Waals surface area contributed by atoms with Crippen LogP contribution >= 0.6 is 0 Å². The first-order valence-corrected chi connectivity index (χ1v) is 9.06. The molecule has 6 heteroatoms. The minimum Gasteiger partial charge on any atom is -0.484 e. The quantitative estimate of drug-likeness (QED) is 0.822. The molecule has 0 aliphatic carbocycles. The first kappa shape index (κ1) is 18.9. The zero-order valence-electron chi connectivity index (χ0n) is 15.3. The van der Waals surface area contributed by atoms with E-state index in [0.717, 1.165) is 18.4 Å². The van der Waals surface area contributed by atoms with Crippen molar-refractivity contribution in [2.24, 2.45) is 0 Å². The van der Waals surface area contributed by atoms with Gasteiger partial charge < -0.3 is 20.1 Å². The summed E-state index contributed by atoms with van der Waals surface area (Å²) < 4.78 is 11.3. The van der Waals surface area contributed by atoms with E-state index in [1.54, 1.807) is 12.1 Å². The molecule has 27 heavy (non-hydrogen) atoms. The summed E-state index contributed by atoms with van der Waals surface area (Å²) in [6.45, 7) is 2.10. The lowest BCUT2D eigenvalue weighted by Gasteiger charge is -2.30. The van der Waals surface area contributed by atoms with Gasteiger partial charge in [0.2, 0.25) is 5.91 Å². The van der Waals surface area contributed by atoms with Crippen LogP contribution in [0.4, 0.5) is 5.69 Å². The van der Waals surface area contributed by atoms with Crippen molar-refractivity contribution in [2.75, 3.05) is 18.5 Å². The van der Waals surface area contributed by atoms with Gasteiger partial charge in [0.05, 0.1) is 6.10 Å². The third-order valence-electron chi connectivity index (χ3n) is 4.37. The highest BCUT2D eigenvalue weighted by Crippen LogP contribution is 2.29. The lowest BCUT2D eigenvalue weighted by atomic mass is 9.97. The highest BCUT2D eigenvalue weighted by Gasteiger charge is 2.24. The van der Waals surface area contributed by atoms with Crippen LogP contribution in [-0.4, -0.2) is 31.1 Å². The largest absolute Gasteiger partial charge is 0.484 e. The summed E-state index contributed by atoms with van der Waals surface area (Å²) in [5.41, 5.74) is 1.73. The van der Waals surface area contributed by atoms with Crippen LogP contribution in [-0.2, 0) is 14.3 Å². The van der Waals surface area contributed by atoms with Crippen LogP contribution in [0.5, 0.6) is 5.75 Å². The molecule has 0 spiro atoms. The summed E-state index contributed by atoms with van der Waals surface area (Å²) in [4.78, 5) is 23.3. The molecule has 2 aromatic carbocycles. The van der Waals surface area contributed by atoms with Crippen LogP contribution in [0, 0.1) is 0 Å². The first-order chi connectivity index (χ1) is 13.1. The number of amides is 2. The van der Waals surface area contributed by atoms with Crippen molar-refractivity contribution in [1.82, 2.24) is 5.32 Å². The molecule has 2 amide bonds. The molecule has 6 nitrogen and oxygen atoms in total. The highest BCUT2D eigenvalue weighted by molar-refractivity contribution is 5.91. The predicted octanol–water partition coefficient (Wildman–Crippen LogP) is 3.06. The van der Waals surface area contributed by atoms with Crippen molar-refractivity contribution in [3.63, 3.8) is 0 Å². The molecular weight excluding hydrogens is 344 g/mol. The SMILES string of the molecule is CC(=O)N[C@@H]1CCO[C@H](c2ccc(NC(=O)COc3ccccc3)cc2)C1. The maximum atomic E-state index is 12.0. The Balaban J connectivity index is 1.50. The topological polar surface area (TPSA) is 76.7 Å². The van der Waals surface area contributed by atoms with Crippen LogP contribution in [0.2, 0.25) is 0 Å². The van der Waals surface area contributed by atoms with E-state index in [1.165, 1.54) is 6.92 Å². The average molecular weight is 368 g/mol. The molecule has 0 saturated carbocycles. The minimum absolute atomic E-state index is 0.0172. The van der Waals surface area contributed by atoms with Crippen LogP contribution in [0.3, 0.4) is 0 Å². The van der Waals surface area contributed by atoms with E-state index in [-0.39, 0.29) is 30.6 Å². The maximum absolute atomic E-state index is 12.0. The standard InChI is InChI=1S/C21H24N2O4/c1-15(24)22-18-11-12-26-20(13-18)16-7-9-17(10-8-16)23-21(25)14-27-19-5-3-2-4-6-19/h2-10,18,20H,11-14H2,1H3,(H,22,24)(H,23,25)/t18-,20+/m1/s1. The lowest BCUT2D eigenvalue weighted by molar-refractivity contribution is -0.121. The Labute approximate surface area is 158 Å². The van der Waals surface area contributed by atoms with Gasteiger partial charge in [0.1, 0.15) is 5.75 Å². The number of rotatable bonds is 6. The molecule has 2 aromatic rings. The summed E-state index contributed by atoms with van der Waals surface area (Å²) in [6, 6.07) is 16.9. The van der Waals surface area contributed by atoms with Crippen molar-refractivity contribution in [3.05, 3.63) is 60.2 Å². The van der Waals surface area contributed by atoms with Gasteiger partial charge in [-0.25, -0.2) is 0 Å². The number of carbonyl (C=O) groups excluding carboxylic acids is 2. The van der Waals surface area contributed by atoms with Crippen molar-refractivity contribution >= 4 is 17.5 Å². The van der Waals surface area contributed by atoms with Crippen LogP contribution in [0.1, 0.15) is 31.4 Å². The van der Waals surface area contributed by atoms with Gasteiger partial charge in [0, 0.05) is 25.3 Å². The van der Waals surface area contributed by atoms with E-state index in [9.17, 15) is 9.59 Å². The third kappa shape index (κ3) is 5.82. The van der Waals surface area contributed by atoms with Gasteiger partial charge in [-0.1, -0.05) is 30.3 Å². The number of nitrogens with one attached hydrogen (secondary N) is 2. The van der Waals surface area contributed by atoms with Crippen LogP contribution < -0.4 is 15.4 Å². The fourth-order valence-electron chi connectivity index (χ4n) is 3.09. The number of hydrogen-bond donors (Lipinski definition) is 2. The number of benzene rings is 2. The molecule has 1 aliphatic rings. The predicted molar refractivity (Wildman–Crippen MR) is 103 cm³/mol. The van der Waals surface area contributed by atoms with Crippen molar-refractivity contribution in [3.8, 4) is 5.75 Å². The third-order valence-corrected chi connectivity index (χ3v) is 4.37. The van der Waals surface area contributed by atoms with Gasteiger partial charge in [-0.05, 0) is 42.7 Å². The van der Waals surface area contributed by atoms with Gasteiger partial charge in [-0.2, -0.15) is 0 Å². The first-order valence-electron chi connectivity index (χ1n) is 9.06. The Bertz CT molecular complexity index is 762. The van der Waals surface area contributed by atoms with E-state index in [0.29, 0.717) is 18.0 Å². The molecule has 0 radical (unpaired) electrons. The molecular formula is C21H24N2O4. The summed E-state index contributed by atoms with van der Waals surface area (Å²) >= 11 is 0. The molecule has 1 fully saturated rings. The minimum atomic E-state index is -0.216. The molecule has 1 saturated heterocycles. The Morgan fingerprint density at radius 2 is 1.85 bits per heavy atom. The molecule has 3 rings (SSSR count). The number of ether oxygens (including phenoxy) is 2. The van der Waals surface area contributed by atoms with E-state index in [1.807, 2.05) is 42.5 Å². The molecule has 1 aliphatic heterocycles. The smallest absolute Gasteiger partial charge is 0.262 e. The van der Waals surface area contributed by atoms with E-state index >= 15 is 0 Å². The van der Waals surface area contributed by atoms with E-state index in [2.05, 4.69) is 10.6 Å².